The van der Waals surface area contributed by atoms with E-state index in [0.29, 0.717) is 24.3 Å². The van der Waals surface area contributed by atoms with Crippen LogP contribution in [0.3, 0.4) is 0 Å². The van der Waals surface area contributed by atoms with Crippen LogP contribution in [0.2, 0.25) is 0 Å². The first-order valence-corrected chi connectivity index (χ1v) is 11.9. The Morgan fingerprint density at radius 1 is 0.320 bits per heavy atom. The monoisotopic (exact) mass is 734 g/mol. The lowest BCUT2D eigenvalue weighted by Crippen LogP contribution is -2.42. The highest BCUT2D eigenvalue weighted by Gasteiger charge is 2.41. The van der Waals surface area contributed by atoms with Crippen molar-refractivity contribution in [1.29, 1.82) is 0 Å². The first-order valence-electron chi connectivity index (χ1n) is 11.9. The van der Waals surface area contributed by atoms with Crippen LogP contribution < -0.4 is 0 Å². The Balaban J connectivity index is -0.000000172. The predicted octanol–water partition coefficient (Wildman–Crippen LogP) is -3.14. The van der Waals surface area contributed by atoms with E-state index in [-0.39, 0.29) is 12.8 Å². The molecule has 0 saturated heterocycles. The van der Waals surface area contributed by atoms with Crippen LogP contribution >= 0.6 is 0 Å². The molecule has 282 valence electrons. The minimum atomic E-state index is -2.74. The minimum absolute atomic E-state index is 0.296. The number of carboxylic acid groups (broad SMARTS) is 12. The lowest BCUT2D eigenvalue weighted by molar-refractivity contribution is -0.170. The van der Waals surface area contributed by atoms with Crippen LogP contribution in [-0.4, -0.2) is 154 Å². The zero-order valence-electron chi connectivity index (χ0n) is 24.7. The van der Waals surface area contributed by atoms with E-state index in [0.717, 1.165) is 0 Å². The molecule has 0 fully saturated rings. The summed E-state index contributed by atoms with van der Waals surface area (Å²) in [6.45, 7) is 0. The third-order valence-electron chi connectivity index (χ3n) is 3.86. The summed E-state index contributed by atoms with van der Waals surface area (Å²) >= 11 is 0. The van der Waals surface area contributed by atoms with Crippen LogP contribution in [-0.2, 0) is 57.5 Å². The molecule has 0 spiro atoms. The number of carbonyl (C=O) groups is 12. The Bertz CT molecular complexity index is 1150. The second-order valence-electron chi connectivity index (χ2n) is 8.26. The number of rotatable bonds is 17. The topological polar surface area (TPSA) is 488 Å². The Morgan fingerprint density at radius 2 is 0.480 bits per heavy atom. The van der Waals surface area contributed by atoms with Gasteiger partial charge in [-0.3, -0.25) is 28.8 Å². The highest BCUT2D eigenvalue weighted by Crippen LogP contribution is 2.16. The molecule has 0 saturated carbocycles. The molecule has 26 heteroatoms. The van der Waals surface area contributed by atoms with E-state index in [4.69, 9.17) is 71.5 Å². The van der Waals surface area contributed by atoms with Crippen molar-refractivity contribution in [3.05, 3.63) is 24.3 Å². The molecule has 0 heterocycles. The Labute approximate surface area is 275 Å². The molecule has 26 nitrogen and oxygen atoms in total. The molecule has 0 radical (unpaired) electrons. The molecule has 0 aliphatic heterocycles. The van der Waals surface area contributed by atoms with Crippen molar-refractivity contribution in [2.75, 3.05) is 0 Å². The quantitative estimate of drug-likeness (QED) is 0.0656. The molecule has 0 aromatic heterocycles. The van der Waals surface area contributed by atoms with E-state index in [9.17, 15) is 57.5 Å². The largest absolute Gasteiger partial charge is 0.481 e. The normalized spacial score (nSPS) is 10.0. The molecule has 14 N–H and O–H groups in total. The van der Waals surface area contributed by atoms with Crippen LogP contribution in [0.5, 0.6) is 0 Å². The molecule has 0 aliphatic rings. The first-order chi connectivity index (χ1) is 22.4. The van der Waals surface area contributed by atoms with Gasteiger partial charge in [-0.25, -0.2) is 28.8 Å². The molecule has 50 heavy (non-hydrogen) atoms. The summed E-state index contributed by atoms with van der Waals surface area (Å²) in [5, 5.41) is 115. The van der Waals surface area contributed by atoms with Gasteiger partial charge in [-0.15, -0.1) is 0 Å². The average Bonchev–Trinajstić information content (AvgIpc) is 2.89. The fraction of sp³-hybridized carbons (Fsp3) is 0.333. The Kier molecular flexibility index (Phi) is 28.6. The van der Waals surface area contributed by atoms with E-state index < -0.39 is 109 Å². The van der Waals surface area contributed by atoms with Gasteiger partial charge < -0.3 is 71.5 Å². The molecular weight excluding hydrogens is 704 g/mol. The molecule has 0 atom stereocenters. The van der Waals surface area contributed by atoms with Gasteiger partial charge in [0.1, 0.15) is 0 Å². The summed E-state index contributed by atoms with van der Waals surface area (Å²) in [7, 11) is 0. The van der Waals surface area contributed by atoms with Crippen LogP contribution in [0, 0.1) is 0 Å². The van der Waals surface area contributed by atoms with Gasteiger partial charge in [0.25, 0.3) is 0 Å². The van der Waals surface area contributed by atoms with Crippen molar-refractivity contribution in [3.8, 4) is 0 Å². The van der Waals surface area contributed by atoms with Gasteiger partial charge in [-0.1, -0.05) is 0 Å². The molecule has 0 unspecified atom stereocenters. The summed E-state index contributed by atoms with van der Waals surface area (Å²) in [6, 6.07) is 0. The van der Waals surface area contributed by atoms with Gasteiger partial charge >= 0.3 is 71.6 Å². The maximum atomic E-state index is 10.3. The second-order valence-corrected chi connectivity index (χ2v) is 8.26. The van der Waals surface area contributed by atoms with Crippen molar-refractivity contribution in [1.82, 2.24) is 0 Å². The van der Waals surface area contributed by atoms with Crippen molar-refractivity contribution < 1.29 is 129 Å². The average molecular weight is 734 g/mol. The first kappa shape index (κ1) is 52.6. The number of hydrogen-bond donors (Lipinski definition) is 14. The zero-order valence-corrected chi connectivity index (χ0v) is 24.7. The van der Waals surface area contributed by atoms with Crippen molar-refractivity contribution in [2.24, 2.45) is 0 Å². The third kappa shape index (κ3) is 41.0. The summed E-state index contributed by atoms with van der Waals surface area (Å²) in [4.78, 5) is 118. The third-order valence-corrected chi connectivity index (χ3v) is 3.86. The number of aliphatic carboxylic acids is 12. The van der Waals surface area contributed by atoms with Crippen molar-refractivity contribution in [3.63, 3.8) is 0 Å². The number of aliphatic hydroxyl groups is 2. The SMILES string of the molecule is O=C(O)C=CC(=O)O.O=C(O)C=CC(=O)O.O=C(O)CC(O)(CC(=O)O)C(=O)O.O=C(O)CC(O)(CC(=O)O)C(=O)O.O=C(O)CCC(=O)O. The Hall–Kier alpha value is -6.96. The maximum Gasteiger partial charge on any atom is 0.336 e. The van der Waals surface area contributed by atoms with Crippen LogP contribution in [0.25, 0.3) is 0 Å². The van der Waals surface area contributed by atoms with Gasteiger partial charge in [0, 0.05) is 24.3 Å². The number of carboxylic acids is 12. The summed E-state index contributed by atoms with van der Waals surface area (Å²) in [6.07, 6.45) is -2.94. The summed E-state index contributed by atoms with van der Waals surface area (Å²) < 4.78 is 0. The molecule has 0 amide bonds. The van der Waals surface area contributed by atoms with Crippen LogP contribution in [0.15, 0.2) is 24.3 Å². The minimum Gasteiger partial charge on any atom is -0.481 e. The molecule has 0 bridgehead atoms. The standard InChI is InChI=1S/2C6H8O7.C4H6O4.2C4H4O4/c2*7-3(8)1-6(13,5(11)12)2-4(9)10;3*5-3(6)1-2-4(7)8/h2*13H,1-2H2,(H,7,8)(H,9,10)(H,11,12);1-2H2,(H,5,6)(H,7,8);2*1-2H,(H,5,6)(H,7,8). The number of hydrogen-bond acceptors (Lipinski definition) is 14. The molecule has 0 aliphatic carbocycles. The fourth-order valence-corrected chi connectivity index (χ4v) is 1.93. The highest BCUT2D eigenvalue weighted by atomic mass is 16.4. The van der Waals surface area contributed by atoms with E-state index >= 15 is 0 Å². The van der Waals surface area contributed by atoms with E-state index in [2.05, 4.69) is 0 Å². The lowest BCUT2D eigenvalue weighted by Gasteiger charge is -2.18. The summed E-state index contributed by atoms with van der Waals surface area (Å²) in [5.74, 6) is -17.2. The molecule has 0 aromatic rings. The smallest absolute Gasteiger partial charge is 0.336 e. The lowest BCUT2D eigenvalue weighted by atomic mass is 9.96. The van der Waals surface area contributed by atoms with Gasteiger partial charge in [0.2, 0.25) is 0 Å². The van der Waals surface area contributed by atoms with Gasteiger partial charge in [-0.2, -0.15) is 0 Å². The van der Waals surface area contributed by atoms with Crippen LogP contribution in [0.4, 0.5) is 0 Å². The maximum absolute atomic E-state index is 10.3. The molecule has 0 aromatic carbocycles. The summed E-state index contributed by atoms with van der Waals surface area (Å²) in [5.41, 5.74) is -5.48. The zero-order chi connectivity index (χ0) is 41.0. The van der Waals surface area contributed by atoms with E-state index in [1.807, 2.05) is 0 Å². The van der Waals surface area contributed by atoms with Gasteiger partial charge in [0.15, 0.2) is 11.2 Å². The molecular formula is C24H30O26. The van der Waals surface area contributed by atoms with Gasteiger partial charge in [-0.05, 0) is 0 Å². The van der Waals surface area contributed by atoms with Crippen molar-refractivity contribution >= 4 is 71.6 Å². The van der Waals surface area contributed by atoms with E-state index in [1.54, 1.807) is 0 Å². The van der Waals surface area contributed by atoms with Crippen LogP contribution in [0.1, 0.15) is 38.5 Å². The van der Waals surface area contributed by atoms with E-state index in [1.165, 1.54) is 0 Å². The van der Waals surface area contributed by atoms with Gasteiger partial charge in [0.05, 0.1) is 38.5 Å². The van der Waals surface area contributed by atoms with Crippen molar-refractivity contribution in [2.45, 2.75) is 49.7 Å². The second kappa shape index (κ2) is 27.2. The highest BCUT2D eigenvalue weighted by molar-refractivity contribution is 5.90. The Morgan fingerprint density at radius 3 is 0.560 bits per heavy atom. The predicted molar refractivity (Wildman–Crippen MR) is 148 cm³/mol. The molecule has 0 rings (SSSR count). The fourth-order valence-electron chi connectivity index (χ4n) is 1.93.